The third kappa shape index (κ3) is 3.69. The van der Waals surface area contributed by atoms with E-state index in [1.165, 1.54) is 32.2 Å². The Hall–Kier alpha value is -2.96. The van der Waals surface area contributed by atoms with Gasteiger partial charge in [-0.1, -0.05) is 12.8 Å². The van der Waals surface area contributed by atoms with Crippen molar-refractivity contribution in [1.82, 2.24) is 4.68 Å². The molecule has 0 saturated heterocycles. The zero-order valence-corrected chi connectivity index (χ0v) is 17.0. The van der Waals surface area contributed by atoms with Gasteiger partial charge < -0.3 is 19.6 Å². The second-order valence-electron chi connectivity index (χ2n) is 8.02. The van der Waals surface area contributed by atoms with E-state index in [-0.39, 0.29) is 17.4 Å². The smallest absolute Gasteiger partial charge is 0.343 e. The van der Waals surface area contributed by atoms with Gasteiger partial charge in [0.2, 0.25) is 0 Å². The summed E-state index contributed by atoms with van der Waals surface area (Å²) in [6.07, 6.45) is 5.05. The average molecular weight is 398 g/mol. The number of carbonyl (C=O) groups is 1. The van der Waals surface area contributed by atoms with E-state index in [0.29, 0.717) is 24.6 Å². The van der Waals surface area contributed by atoms with Crippen molar-refractivity contribution < 1.29 is 19.4 Å². The Labute approximate surface area is 169 Å². The van der Waals surface area contributed by atoms with Crippen molar-refractivity contribution >= 4 is 5.97 Å². The number of methoxy groups -OCH3 is 1. The monoisotopic (exact) mass is 398 g/mol. The van der Waals surface area contributed by atoms with Crippen LogP contribution in [-0.4, -0.2) is 35.5 Å². The predicted octanol–water partition coefficient (Wildman–Crippen LogP) is 3.05. The fourth-order valence-corrected chi connectivity index (χ4v) is 3.72. The van der Waals surface area contributed by atoms with Crippen LogP contribution in [0.1, 0.15) is 49.0 Å². The molecule has 4 rings (SSSR count). The number of fused-ring (bicyclic) bond motifs is 3. The third-order valence-electron chi connectivity index (χ3n) is 5.58. The lowest BCUT2D eigenvalue weighted by atomic mass is 9.99. The third-order valence-corrected chi connectivity index (χ3v) is 5.58. The summed E-state index contributed by atoms with van der Waals surface area (Å²) in [6, 6.07) is 5.03. The number of pyridine rings is 1. The van der Waals surface area contributed by atoms with Crippen LogP contribution in [-0.2, 0) is 11.3 Å². The first-order valence-electron chi connectivity index (χ1n) is 10.00. The molecule has 0 amide bonds. The minimum absolute atomic E-state index is 0.0189. The molecule has 1 aliphatic carbocycles. The molecule has 2 heterocycles. The Morgan fingerprint density at radius 3 is 2.69 bits per heavy atom. The summed E-state index contributed by atoms with van der Waals surface area (Å²) in [7, 11) is 1.25. The highest BCUT2D eigenvalue weighted by Crippen LogP contribution is 2.39. The van der Waals surface area contributed by atoms with E-state index in [0.717, 1.165) is 23.5 Å². The Morgan fingerprint density at radius 1 is 1.28 bits per heavy atom. The molecule has 1 N–H and O–H groups in total. The molecule has 2 aromatic rings. The quantitative estimate of drug-likeness (QED) is 0.754. The van der Waals surface area contributed by atoms with Gasteiger partial charge >= 0.3 is 5.97 Å². The van der Waals surface area contributed by atoms with Gasteiger partial charge in [0.15, 0.2) is 16.9 Å². The number of aromatic hydroxyl groups is 1. The van der Waals surface area contributed by atoms with Crippen molar-refractivity contribution in [2.75, 3.05) is 18.7 Å². The maximum absolute atomic E-state index is 12.5. The number of phenols is 1. The van der Waals surface area contributed by atoms with E-state index in [2.05, 4.69) is 5.01 Å². The van der Waals surface area contributed by atoms with Gasteiger partial charge in [-0.25, -0.2) is 4.79 Å². The molecule has 1 saturated carbocycles. The first-order chi connectivity index (χ1) is 13.9. The molecular formula is C22H26N2O5. The second kappa shape index (κ2) is 7.46. The fraction of sp³-hybridized carbons (Fsp3) is 0.455. The highest BCUT2D eigenvalue weighted by molar-refractivity contribution is 5.89. The van der Waals surface area contributed by atoms with E-state index in [1.807, 2.05) is 19.9 Å². The number of rotatable bonds is 6. The number of hydrogen-bond acceptors (Lipinski definition) is 6. The molecule has 29 heavy (non-hydrogen) atoms. The summed E-state index contributed by atoms with van der Waals surface area (Å²) in [5.41, 5.74) is 1.90. The Kier molecular flexibility index (Phi) is 4.98. The number of esters is 1. The lowest BCUT2D eigenvalue weighted by molar-refractivity contribution is 0.0598. The average Bonchev–Trinajstić information content (AvgIpc) is 3.51. The number of benzene rings is 1. The minimum atomic E-state index is -0.665. The number of phenolic OH excluding ortho intramolecular Hbond substituents is 1. The van der Waals surface area contributed by atoms with E-state index >= 15 is 0 Å². The second-order valence-corrected chi connectivity index (χ2v) is 8.02. The molecule has 0 radical (unpaired) electrons. The molecule has 1 aromatic heterocycles. The molecule has 1 aliphatic heterocycles. The van der Waals surface area contributed by atoms with E-state index < -0.39 is 11.4 Å². The molecule has 0 atom stereocenters. The zero-order valence-electron chi connectivity index (χ0n) is 17.0. The number of carbonyl (C=O) groups excluding carboxylic acids is 1. The lowest BCUT2D eigenvalue weighted by Crippen LogP contribution is -2.44. The molecule has 2 aliphatic rings. The summed E-state index contributed by atoms with van der Waals surface area (Å²) < 4.78 is 12.4. The van der Waals surface area contributed by atoms with Crippen LogP contribution in [0.5, 0.6) is 11.5 Å². The predicted molar refractivity (Wildman–Crippen MR) is 109 cm³/mol. The van der Waals surface area contributed by atoms with E-state index in [1.54, 1.807) is 10.7 Å². The topological polar surface area (TPSA) is 81.0 Å². The molecule has 1 fully saturated rings. The van der Waals surface area contributed by atoms with E-state index in [4.69, 9.17) is 9.47 Å². The molecule has 7 heteroatoms. The Morgan fingerprint density at radius 2 is 2.03 bits per heavy atom. The highest BCUT2D eigenvalue weighted by atomic mass is 16.5. The van der Waals surface area contributed by atoms with Crippen LogP contribution in [0.25, 0.3) is 11.3 Å². The fourth-order valence-electron chi connectivity index (χ4n) is 3.72. The first-order valence-corrected chi connectivity index (χ1v) is 10.00. The standard InChI is InChI=1S/C22H26N2O5/c1-13(2)23-11-15-8-21(29-7-6-14-4-5-14)20(26)9-16(15)18-10-19(25)17(12-24(18)23)22(27)28-3/h8-10,12-14,26H,4-7,11H2,1-3H3. The normalized spacial score (nSPS) is 15.1. The summed E-state index contributed by atoms with van der Waals surface area (Å²) >= 11 is 0. The van der Waals surface area contributed by atoms with Gasteiger partial charge in [0.25, 0.3) is 0 Å². The van der Waals surface area contributed by atoms with Crippen molar-refractivity contribution in [3.63, 3.8) is 0 Å². The Bertz CT molecular complexity index is 1010. The molecule has 0 spiro atoms. The van der Waals surface area contributed by atoms with Crippen LogP contribution >= 0.6 is 0 Å². The van der Waals surface area contributed by atoms with Crippen LogP contribution in [0.15, 0.2) is 29.2 Å². The molecule has 1 aromatic carbocycles. The highest BCUT2D eigenvalue weighted by Gasteiger charge is 2.27. The lowest BCUT2D eigenvalue weighted by Gasteiger charge is -2.38. The van der Waals surface area contributed by atoms with Crippen molar-refractivity contribution in [2.24, 2.45) is 5.92 Å². The van der Waals surface area contributed by atoms with Gasteiger partial charge in [-0.3, -0.25) is 9.47 Å². The molecular weight excluding hydrogens is 372 g/mol. The van der Waals surface area contributed by atoms with Gasteiger partial charge in [-0.05, 0) is 43.9 Å². The van der Waals surface area contributed by atoms with Gasteiger partial charge in [-0.15, -0.1) is 0 Å². The van der Waals surface area contributed by atoms with Crippen LogP contribution in [0.2, 0.25) is 0 Å². The van der Waals surface area contributed by atoms with Crippen LogP contribution in [0, 0.1) is 5.92 Å². The summed E-state index contributed by atoms with van der Waals surface area (Å²) in [5, 5.41) is 12.5. The van der Waals surface area contributed by atoms with Crippen LogP contribution < -0.4 is 15.2 Å². The van der Waals surface area contributed by atoms with Crippen molar-refractivity contribution in [2.45, 2.75) is 45.7 Å². The molecule has 154 valence electrons. The van der Waals surface area contributed by atoms with Crippen molar-refractivity contribution in [3.05, 3.63) is 45.7 Å². The zero-order chi connectivity index (χ0) is 20.7. The van der Waals surface area contributed by atoms with Gasteiger partial charge in [0, 0.05) is 23.9 Å². The maximum Gasteiger partial charge on any atom is 0.343 e. The first kappa shape index (κ1) is 19.4. The Balaban J connectivity index is 1.76. The summed E-state index contributed by atoms with van der Waals surface area (Å²) in [4.78, 5) is 24.5. The molecule has 0 bridgehead atoms. The summed E-state index contributed by atoms with van der Waals surface area (Å²) in [5.74, 6) is 0.611. The van der Waals surface area contributed by atoms with Crippen molar-refractivity contribution in [1.29, 1.82) is 0 Å². The van der Waals surface area contributed by atoms with Gasteiger partial charge in [0.05, 0.1) is 26.0 Å². The van der Waals surface area contributed by atoms with Crippen LogP contribution in [0.3, 0.4) is 0 Å². The number of ether oxygens (including phenoxy) is 2. The van der Waals surface area contributed by atoms with E-state index in [9.17, 15) is 14.7 Å². The number of aromatic nitrogens is 1. The van der Waals surface area contributed by atoms with Crippen molar-refractivity contribution in [3.8, 4) is 22.8 Å². The minimum Gasteiger partial charge on any atom is -0.504 e. The van der Waals surface area contributed by atoms with Gasteiger partial charge in [0.1, 0.15) is 5.56 Å². The SMILES string of the molecule is COC(=O)c1cn2c(cc1=O)-c1cc(O)c(OCCC3CC3)cc1CN2C(C)C. The molecule has 7 nitrogen and oxygen atoms in total. The number of nitrogens with zero attached hydrogens (tertiary/aromatic N) is 2. The van der Waals surface area contributed by atoms with Gasteiger partial charge in [-0.2, -0.15) is 0 Å². The maximum atomic E-state index is 12.5. The summed E-state index contributed by atoms with van der Waals surface area (Å²) in [6.45, 7) is 5.22. The molecule has 0 unspecified atom stereocenters. The largest absolute Gasteiger partial charge is 0.504 e. The number of hydrogen-bond donors (Lipinski definition) is 1. The van der Waals surface area contributed by atoms with Crippen LogP contribution in [0.4, 0.5) is 0 Å².